The minimum atomic E-state index is -1.12. The lowest BCUT2D eigenvalue weighted by Gasteiger charge is -2.10. The molecule has 0 unspecified atom stereocenters. The monoisotopic (exact) mass is 262 g/mol. The second-order valence-electron chi connectivity index (χ2n) is 4.30. The average Bonchev–Trinajstić information content (AvgIpc) is 2.74. The van der Waals surface area contributed by atoms with Gasteiger partial charge in [-0.1, -0.05) is 5.21 Å². The molecule has 100 valence electrons. The molecule has 2 rings (SSSR count). The van der Waals surface area contributed by atoms with Crippen LogP contribution in [0.15, 0.2) is 12.4 Å². The Hall–Kier alpha value is -2.51. The van der Waals surface area contributed by atoms with Crippen LogP contribution in [-0.4, -0.2) is 42.1 Å². The number of aromatic nitrogens is 5. The molecule has 0 saturated carbocycles. The summed E-state index contributed by atoms with van der Waals surface area (Å²) in [5.41, 5.74) is 0.853. The van der Waals surface area contributed by atoms with E-state index in [1.807, 2.05) is 13.8 Å². The van der Waals surface area contributed by atoms with Crippen molar-refractivity contribution in [1.82, 2.24) is 25.0 Å². The number of carboxylic acids is 1. The minimum absolute atomic E-state index is 0.0800. The van der Waals surface area contributed by atoms with Gasteiger partial charge in [-0.25, -0.2) is 19.4 Å². The van der Waals surface area contributed by atoms with Crippen molar-refractivity contribution in [2.24, 2.45) is 7.05 Å². The van der Waals surface area contributed by atoms with Gasteiger partial charge in [-0.15, -0.1) is 5.10 Å². The number of aromatic carboxylic acids is 1. The van der Waals surface area contributed by atoms with Gasteiger partial charge >= 0.3 is 5.97 Å². The Kier molecular flexibility index (Phi) is 3.41. The number of rotatable bonds is 4. The van der Waals surface area contributed by atoms with E-state index >= 15 is 0 Å². The number of nitrogens with one attached hydrogen (secondary N) is 1. The van der Waals surface area contributed by atoms with Crippen molar-refractivity contribution in [2.45, 2.75) is 19.9 Å². The van der Waals surface area contributed by atoms with E-state index in [1.54, 1.807) is 7.05 Å². The van der Waals surface area contributed by atoms with E-state index in [2.05, 4.69) is 25.6 Å². The Labute approximate surface area is 109 Å². The highest BCUT2D eigenvalue weighted by atomic mass is 16.4. The predicted octanol–water partition coefficient (Wildman–Crippen LogP) is 0.791. The fourth-order valence-electron chi connectivity index (χ4n) is 1.59. The van der Waals surface area contributed by atoms with Crippen LogP contribution in [0.25, 0.3) is 11.3 Å². The van der Waals surface area contributed by atoms with E-state index in [-0.39, 0.29) is 17.7 Å². The second kappa shape index (κ2) is 5.01. The molecule has 0 aliphatic heterocycles. The molecule has 0 atom stereocenters. The maximum Gasteiger partial charge on any atom is 0.355 e. The molecule has 2 aromatic heterocycles. The first-order valence-corrected chi connectivity index (χ1v) is 5.71. The lowest BCUT2D eigenvalue weighted by Crippen LogP contribution is -2.15. The molecule has 2 aromatic rings. The summed E-state index contributed by atoms with van der Waals surface area (Å²) in [4.78, 5) is 19.4. The summed E-state index contributed by atoms with van der Waals surface area (Å²) < 4.78 is 1.47. The van der Waals surface area contributed by atoms with Crippen LogP contribution in [-0.2, 0) is 7.05 Å². The first kappa shape index (κ1) is 12.9. The van der Waals surface area contributed by atoms with Crippen molar-refractivity contribution < 1.29 is 9.90 Å². The molecule has 19 heavy (non-hydrogen) atoms. The van der Waals surface area contributed by atoms with Crippen LogP contribution < -0.4 is 5.32 Å². The van der Waals surface area contributed by atoms with Crippen LogP contribution in [0.1, 0.15) is 24.3 Å². The number of hydrogen-bond acceptors (Lipinski definition) is 6. The van der Waals surface area contributed by atoms with Crippen LogP contribution in [0.3, 0.4) is 0 Å². The largest absolute Gasteiger partial charge is 0.476 e. The van der Waals surface area contributed by atoms with Crippen LogP contribution in [0.4, 0.5) is 5.95 Å². The average molecular weight is 262 g/mol. The zero-order valence-electron chi connectivity index (χ0n) is 10.8. The number of nitrogens with zero attached hydrogens (tertiary/aromatic N) is 5. The van der Waals surface area contributed by atoms with Crippen molar-refractivity contribution in [3.05, 3.63) is 18.1 Å². The Bertz CT molecular complexity index is 607. The highest BCUT2D eigenvalue weighted by Crippen LogP contribution is 2.21. The van der Waals surface area contributed by atoms with E-state index in [0.717, 1.165) is 0 Å². The summed E-state index contributed by atoms with van der Waals surface area (Å²) in [6.07, 6.45) is 2.93. The fraction of sp³-hybridized carbons (Fsp3) is 0.364. The zero-order chi connectivity index (χ0) is 14.0. The number of carboxylic acid groups (broad SMARTS) is 1. The third-order valence-electron chi connectivity index (χ3n) is 2.40. The van der Waals surface area contributed by atoms with Crippen molar-refractivity contribution >= 4 is 11.9 Å². The maximum atomic E-state index is 11.3. The quantitative estimate of drug-likeness (QED) is 0.838. The van der Waals surface area contributed by atoms with E-state index in [9.17, 15) is 9.90 Å². The van der Waals surface area contributed by atoms with Gasteiger partial charge in [0.05, 0.1) is 17.5 Å². The molecule has 0 amide bonds. The number of anilines is 1. The van der Waals surface area contributed by atoms with Gasteiger partial charge < -0.3 is 10.4 Å². The third kappa shape index (κ3) is 2.67. The van der Waals surface area contributed by atoms with E-state index in [0.29, 0.717) is 11.3 Å². The van der Waals surface area contributed by atoms with Crippen molar-refractivity contribution in [3.8, 4) is 11.3 Å². The van der Waals surface area contributed by atoms with Gasteiger partial charge in [0.25, 0.3) is 0 Å². The molecule has 0 aliphatic carbocycles. The van der Waals surface area contributed by atoms with Gasteiger partial charge in [-0.05, 0) is 13.8 Å². The summed E-state index contributed by atoms with van der Waals surface area (Å²) in [6, 6.07) is 0.117. The molecule has 0 aromatic carbocycles. The standard InChI is InChI=1S/C11H14N6O2/c1-6(2)14-11-12-4-7(9(15-11)10(18)19)8-5-13-16-17(8)3/h4-6H,1-3H3,(H,18,19)(H,12,14,15). The Balaban J connectivity index is 2.50. The molecular formula is C11H14N6O2. The van der Waals surface area contributed by atoms with Gasteiger partial charge in [0.1, 0.15) is 0 Å². The molecule has 8 heteroatoms. The topological polar surface area (TPSA) is 106 Å². The highest BCUT2D eigenvalue weighted by Gasteiger charge is 2.18. The Morgan fingerprint density at radius 1 is 1.42 bits per heavy atom. The fourth-order valence-corrected chi connectivity index (χ4v) is 1.59. The summed E-state index contributed by atoms with van der Waals surface area (Å²) in [5, 5.41) is 19.7. The molecular weight excluding hydrogens is 248 g/mol. The van der Waals surface area contributed by atoms with E-state index in [1.165, 1.54) is 17.1 Å². The van der Waals surface area contributed by atoms with Crippen LogP contribution >= 0.6 is 0 Å². The first-order valence-electron chi connectivity index (χ1n) is 5.71. The molecule has 0 bridgehead atoms. The molecule has 8 nitrogen and oxygen atoms in total. The second-order valence-corrected chi connectivity index (χ2v) is 4.30. The number of aryl methyl sites for hydroxylation is 1. The maximum absolute atomic E-state index is 11.3. The summed E-state index contributed by atoms with van der Waals surface area (Å²) in [7, 11) is 1.67. The number of carbonyl (C=O) groups is 1. The zero-order valence-corrected chi connectivity index (χ0v) is 10.8. The van der Waals surface area contributed by atoms with Gasteiger partial charge in [-0.3, -0.25) is 0 Å². The van der Waals surface area contributed by atoms with Gasteiger partial charge in [0.2, 0.25) is 5.95 Å². The van der Waals surface area contributed by atoms with E-state index < -0.39 is 5.97 Å². The van der Waals surface area contributed by atoms with Crippen molar-refractivity contribution in [3.63, 3.8) is 0 Å². The lowest BCUT2D eigenvalue weighted by atomic mass is 10.2. The Morgan fingerprint density at radius 3 is 2.68 bits per heavy atom. The minimum Gasteiger partial charge on any atom is -0.476 e. The number of hydrogen-bond donors (Lipinski definition) is 2. The third-order valence-corrected chi connectivity index (χ3v) is 2.40. The molecule has 2 heterocycles. The van der Waals surface area contributed by atoms with Crippen LogP contribution in [0.5, 0.6) is 0 Å². The van der Waals surface area contributed by atoms with E-state index in [4.69, 9.17) is 0 Å². The molecule has 0 aliphatic rings. The van der Waals surface area contributed by atoms with Crippen molar-refractivity contribution in [1.29, 1.82) is 0 Å². The first-order chi connectivity index (χ1) is 8.99. The molecule has 0 saturated heterocycles. The highest BCUT2D eigenvalue weighted by molar-refractivity contribution is 5.93. The predicted molar refractivity (Wildman–Crippen MR) is 67.7 cm³/mol. The Morgan fingerprint density at radius 2 is 2.16 bits per heavy atom. The molecule has 2 N–H and O–H groups in total. The van der Waals surface area contributed by atoms with Gasteiger partial charge in [-0.2, -0.15) is 0 Å². The van der Waals surface area contributed by atoms with Crippen LogP contribution in [0.2, 0.25) is 0 Å². The molecule has 0 radical (unpaired) electrons. The molecule has 0 fully saturated rings. The normalized spacial score (nSPS) is 10.7. The lowest BCUT2D eigenvalue weighted by molar-refractivity contribution is 0.0691. The van der Waals surface area contributed by atoms with Gasteiger partial charge in [0, 0.05) is 19.3 Å². The van der Waals surface area contributed by atoms with Gasteiger partial charge in [0.15, 0.2) is 5.69 Å². The van der Waals surface area contributed by atoms with Crippen LogP contribution in [0, 0.1) is 0 Å². The molecule has 0 spiro atoms. The SMILES string of the molecule is CC(C)Nc1ncc(-c2cnnn2C)c(C(=O)O)n1. The smallest absolute Gasteiger partial charge is 0.355 e. The summed E-state index contributed by atoms with van der Waals surface area (Å²) in [5.74, 6) is -0.836. The summed E-state index contributed by atoms with van der Waals surface area (Å²) in [6.45, 7) is 3.84. The van der Waals surface area contributed by atoms with Crippen molar-refractivity contribution in [2.75, 3.05) is 5.32 Å². The summed E-state index contributed by atoms with van der Waals surface area (Å²) >= 11 is 0.